The maximum atomic E-state index is 14.2. The average Bonchev–Trinajstić information content (AvgIpc) is 3.16. The van der Waals surface area contributed by atoms with Crippen LogP contribution in [0, 0.1) is 5.82 Å². The number of rotatable bonds is 4. The summed E-state index contributed by atoms with van der Waals surface area (Å²) in [4.78, 5) is 15.9. The van der Waals surface area contributed by atoms with E-state index >= 15 is 0 Å². The number of nitrogens with two attached hydrogens (primary N) is 1. The second kappa shape index (κ2) is 6.99. The summed E-state index contributed by atoms with van der Waals surface area (Å²) >= 11 is 0. The lowest BCUT2D eigenvalue weighted by molar-refractivity contribution is 0.386. The zero-order chi connectivity index (χ0) is 19.7. The lowest BCUT2D eigenvalue weighted by Crippen LogP contribution is -1.92. The molecule has 4 N–H and O–H groups in total. The third-order valence-electron chi connectivity index (χ3n) is 4.27. The molecule has 0 saturated heterocycles. The van der Waals surface area contributed by atoms with Crippen LogP contribution in [0.4, 0.5) is 10.2 Å². The summed E-state index contributed by atoms with van der Waals surface area (Å²) in [5.74, 6) is 0.00727. The van der Waals surface area contributed by atoms with Crippen LogP contribution in [-0.2, 0) is 0 Å². The van der Waals surface area contributed by atoms with Gasteiger partial charge in [0.05, 0.1) is 18.5 Å². The number of nitrogens with zero attached hydrogens (tertiary/aromatic N) is 3. The van der Waals surface area contributed by atoms with E-state index < -0.39 is 5.82 Å². The van der Waals surface area contributed by atoms with Gasteiger partial charge >= 0.3 is 0 Å². The van der Waals surface area contributed by atoms with Gasteiger partial charge in [0.1, 0.15) is 5.82 Å². The number of aromatic amines is 1. The third-order valence-corrected chi connectivity index (χ3v) is 4.27. The van der Waals surface area contributed by atoms with Gasteiger partial charge in [-0.1, -0.05) is 0 Å². The molecule has 0 fully saturated rings. The molecular weight excluding hydrogens is 361 g/mol. The van der Waals surface area contributed by atoms with Gasteiger partial charge in [0.2, 0.25) is 0 Å². The maximum absolute atomic E-state index is 14.2. The van der Waals surface area contributed by atoms with Crippen molar-refractivity contribution in [2.45, 2.75) is 0 Å². The number of aromatic hydroxyl groups is 1. The fourth-order valence-electron chi connectivity index (χ4n) is 2.85. The Morgan fingerprint density at radius 1 is 1.07 bits per heavy atom. The number of methoxy groups -OCH3 is 1. The van der Waals surface area contributed by atoms with Crippen LogP contribution >= 0.6 is 0 Å². The molecule has 0 spiro atoms. The minimum atomic E-state index is -0.491. The Kier molecular flexibility index (Phi) is 4.36. The van der Waals surface area contributed by atoms with E-state index in [0.717, 1.165) is 5.56 Å². The van der Waals surface area contributed by atoms with Gasteiger partial charge in [-0.15, -0.1) is 0 Å². The Morgan fingerprint density at radius 2 is 1.86 bits per heavy atom. The summed E-state index contributed by atoms with van der Waals surface area (Å²) in [6.07, 6.45) is 4.84. The summed E-state index contributed by atoms with van der Waals surface area (Å²) in [5.41, 5.74) is 8.77. The normalized spacial score (nSPS) is 10.8. The van der Waals surface area contributed by atoms with E-state index in [1.54, 1.807) is 18.5 Å². The van der Waals surface area contributed by atoms with Gasteiger partial charge in [-0.3, -0.25) is 4.98 Å². The van der Waals surface area contributed by atoms with Crippen LogP contribution in [0.3, 0.4) is 0 Å². The number of hydrogen-bond acceptors (Lipinski definition) is 6. The lowest BCUT2D eigenvalue weighted by atomic mass is 10.1. The SMILES string of the molecule is COc1ccc(-c2nc(-c3cnc(N)c(O)c3)c(-c3ccncc3)[nH]2)cc1F. The maximum Gasteiger partial charge on any atom is 0.165 e. The molecule has 0 saturated carbocycles. The molecule has 0 atom stereocenters. The molecule has 0 unspecified atom stereocenters. The van der Waals surface area contributed by atoms with Crippen LogP contribution in [0.15, 0.2) is 55.0 Å². The number of benzene rings is 1. The molecule has 140 valence electrons. The molecule has 4 rings (SSSR count). The number of pyridine rings is 2. The first-order chi connectivity index (χ1) is 13.6. The Morgan fingerprint density at radius 3 is 2.54 bits per heavy atom. The summed E-state index contributed by atoms with van der Waals surface area (Å²) in [6.45, 7) is 0. The highest BCUT2D eigenvalue weighted by atomic mass is 19.1. The number of anilines is 1. The highest BCUT2D eigenvalue weighted by Crippen LogP contribution is 2.35. The average molecular weight is 377 g/mol. The van der Waals surface area contributed by atoms with Crippen LogP contribution in [0.1, 0.15) is 0 Å². The quantitative estimate of drug-likeness (QED) is 0.501. The van der Waals surface area contributed by atoms with Crippen molar-refractivity contribution in [3.63, 3.8) is 0 Å². The number of halogens is 1. The second-order valence-corrected chi connectivity index (χ2v) is 6.02. The number of aromatic nitrogens is 4. The van der Waals surface area contributed by atoms with E-state index in [2.05, 4.69) is 19.9 Å². The molecule has 0 amide bonds. The van der Waals surface area contributed by atoms with Crippen LogP contribution in [-0.4, -0.2) is 32.2 Å². The van der Waals surface area contributed by atoms with E-state index in [-0.39, 0.29) is 17.3 Å². The number of imidazole rings is 1. The summed E-state index contributed by atoms with van der Waals surface area (Å²) in [7, 11) is 1.41. The molecule has 3 heterocycles. The van der Waals surface area contributed by atoms with Gasteiger partial charge in [0.25, 0.3) is 0 Å². The number of ether oxygens (including phenoxy) is 1. The fourth-order valence-corrected chi connectivity index (χ4v) is 2.85. The molecule has 0 bridgehead atoms. The van der Waals surface area contributed by atoms with Gasteiger partial charge in [-0.05, 0) is 36.4 Å². The zero-order valence-electron chi connectivity index (χ0n) is 14.8. The van der Waals surface area contributed by atoms with Crippen molar-refractivity contribution in [1.82, 2.24) is 19.9 Å². The Hall–Kier alpha value is -3.94. The Balaban J connectivity index is 1.89. The van der Waals surface area contributed by atoms with Crippen LogP contribution in [0.25, 0.3) is 33.9 Å². The van der Waals surface area contributed by atoms with Crippen molar-refractivity contribution in [2.75, 3.05) is 12.8 Å². The minimum absolute atomic E-state index is 0.0298. The fraction of sp³-hybridized carbons (Fsp3) is 0.0500. The van der Waals surface area contributed by atoms with Crippen molar-refractivity contribution in [3.05, 3.63) is 60.8 Å². The van der Waals surface area contributed by atoms with E-state index in [9.17, 15) is 9.50 Å². The monoisotopic (exact) mass is 377 g/mol. The summed E-state index contributed by atoms with van der Waals surface area (Å²) in [6, 6.07) is 9.72. The van der Waals surface area contributed by atoms with Crippen LogP contribution in [0.5, 0.6) is 11.5 Å². The molecule has 8 heteroatoms. The largest absolute Gasteiger partial charge is 0.504 e. The van der Waals surface area contributed by atoms with Crippen molar-refractivity contribution in [3.8, 4) is 45.4 Å². The first-order valence-electron chi connectivity index (χ1n) is 8.36. The first kappa shape index (κ1) is 17.5. The van der Waals surface area contributed by atoms with Crippen molar-refractivity contribution >= 4 is 5.82 Å². The van der Waals surface area contributed by atoms with Crippen LogP contribution in [0.2, 0.25) is 0 Å². The van der Waals surface area contributed by atoms with Crippen molar-refractivity contribution in [1.29, 1.82) is 0 Å². The Bertz CT molecular complexity index is 1140. The molecular formula is C20H16FN5O2. The van der Waals surface area contributed by atoms with E-state index in [1.807, 2.05) is 12.1 Å². The molecule has 7 nitrogen and oxygen atoms in total. The molecule has 0 aliphatic carbocycles. The molecule has 0 aliphatic rings. The number of hydrogen-bond donors (Lipinski definition) is 3. The standard InChI is InChI=1S/C20H16FN5O2/c1-28-16-3-2-12(8-14(16)21)20-25-17(11-4-6-23-7-5-11)18(26-20)13-9-15(27)19(22)24-10-13/h2-10,27H,1H3,(H2,22,24)(H,25,26). The predicted octanol–water partition coefficient (Wildman–Crippen LogP) is 3.64. The van der Waals surface area contributed by atoms with Gasteiger partial charge in [-0.25, -0.2) is 14.4 Å². The van der Waals surface area contributed by atoms with E-state index in [4.69, 9.17) is 10.5 Å². The van der Waals surface area contributed by atoms with E-state index in [0.29, 0.717) is 28.3 Å². The highest BCUT2D eigenvalue weighted by Gasteiger charge is 2.17. The molecule has 0 radical (unpaired) electrons. The Labute approximate surface area is 159 Å². The first-order valence-corrected chi connectivity index (χ1v) is 8.36. The second-order valence-electron chi connectivity index (χ2n) is 6.02. The lowest BCUT2D eigenvalue weighted by Gasteiger charge is -2.04. The topological polar surface area (TPSA) is 110 Å². The minimum Gasteiger partial charge on any atom is -0.504 e. The van der Waals surface area contributed by atoms with Crippen molar-refractivity contribution in [2.24, 2.45) is 0 Å². The van der Waals surface area contributed by atoms with Gasteiger partial charge in [0, 0.05) is 35.3 Å². The van der Waals surface area contributed by atoms with Crippen LogP contribution < -0.4 is 10.5 Å². The summed E-state index contributed by atoms with van der Waals surface area (Å²) < 4.78 is 19.1. The highest BCUT2D eigenvalue weighted by molar-refractivity contribution is 5.81. The van der Waals surface area contributed by atoms with Gasteiger partial charge in [0.15, 0.2) is 23.1 Å². The van der Waals surface area contributed by atoms with E-state index in [1.165, 1.54) is 31.5 Å². The molecule has 0 aliphatic heterocycles. The molecule has 3 aromatic heterocycles. The molecule has 1 aromatic carbocycles. The molecule has 4 aromatic rings. The zero-order valence-corrected chi connectivity index (χ0v) is 14.8. The van der Waals surface area contributed by atoms with Gasteiger partial charge < -0.3 is 20.6 Å². The number of H-pyrrole nitrogens is 1. The number of nitrogens with one attached hydrogen (secondary N) is 1. The van der Waals surface area contributed by atoms with Crippen molar-refractivity contribution < 1.29 is 14.2 Å². The smallest absolute Gasteiger partial charge is 0.165 e. The predicted molar refractivity (Wildman–Crippen MR) is 103 cm³/mol. The molecule has 28 heavy (non-hydrogen) atoms. The summed E-state index contributed by atoms with van der Waals surface area (Å²) in [5, 5.41) is 9.94. The number of nitrogen functional groups attached to an aromatic ring is 1. The third kappa shape index (κ3) is 3.11. The van der Waals surface area contributed by atoms with Gasteiger partial charge in [-0.2, -0.15) is 0 Å².